The van der Waals surface area contributed by atoms with Crippen LogP contribution in [-0.2, 0) is 14.3 Å². The first-order chi connectivity index (χ1) is 11.1. The Labute approximate surface area is 142 Å². The third-order valence-electron chi connectivity index (χ3n) is 4.34. The molecule has 1 unspecified atom stereocenters. The summed E-state index contributed by atoms with van der Waals surface area (Å²) in [5.74, 6) is 0.144. The number of benzene rings is 1. The topological polar surface area (TPSA) is 55.4 Å². The molecule has 0 aromatic heterocycles. The highest BCUT2D eigenvalue weighted by molar-refractivity contribution is 7.99. The molecule has 1 aromatic carbocycles. The summed E-state index contributed by atoms with van der Waals surface area (Å²) in [5.41, 5.74) is -0.824. The molecule has 1 saturated carbocycles. The summed E-state index contributed by atoms with van der Waals surface area (Å²) in [5, 5.41) is 2.99. The lowest BCUT2D eigenvalue weighted by Gasteiger charge is -2.36. The predicted molar refractivity (Wildman–Crippen MR) is 92.3 cm³/mol. The van der Waals surface area contributed by atoms with E-state index in [1.807, 2.05) is 37.3 Å². The van der Waals surface area contributed by atoms with E-state index in [9.17, 15) is 9.59 Å². The molecule has 1 aliphatic rings. The van der Waals surface area contributed by atoms with E-state index in [4.69, 9.17) is 4.74 Å². The monoisotopic (exact) mass is 335 g/mol. The molecule has 1 amide bonds. The van der Waals surface area contributed by atoms with E-state index in [-0.39, 0.29) is 17.8 Å². The minimum atomic E-state index is -0.824. The Balaban J connectivity index is 1.93. The number of ether oxygens (including phenoxy) is 1. The maximum absolute atomic E-state index is 12.5. The van der Waals surface area contributed by atoms with Crippen molar-refractivity contribution < 1.29 is 14.3 Å². The van der Waals surface area contributed by atoms with E-state index < -0.39 is 5.54 Å². The third-order valence-corrected chi connectivity index (χ3v) is 5.61. The molecule has 1 aromatic rings. The van der Waals surface area contributed by atoms with Crippen LogP contribution in [-0.4, -0.2) is 30.3 Å². The average Bonchev–Trinajstić information content (AvgIpc) is 2.60. The van der Waals surface area contributed by atoms with Crippen molar-refractivity contribution >= 4 is 23.6 Å². The van der Waals surface area contributed by atoms with Gasteiger partial charge in [0.2, 0.25) is 5.91 Å². The number of amides is 1. The van der Waals surface area contributed by atoms with Crippen molar-refractivity contribution in [2.45, 2.75) is 49.5 Å². The van der Waals surface area contributed by atoms with Crippen LogP contribution < -0.4 is 5.32 Å². The number of esters is 1. The van der Waals surface area contributed by atoms with Crippen LogP contribution in [0, 0.1) is 5.92 Å². The fourth-order valence-electron chi connectivity index (χ4n) is 2.90. The van der Waals surface area contributed by atoms with Gasteiger partial charge in [0.15, 0.2) is 0 Å². The minimum Gasteiger partial charge on any atom is -0.467 e. The Morgan fingerprint density at radius 1 is 1.22 bits per heavy atom. The number of rotatable bonds is 6. The summed E-state index contributed by atoms with van der Waals surface area (Å²) in [6.07, 6.45) is 4.34. The molecular formula is C18H25NO3S. The minimum absolute atomic E-state index is 0.0688. The van der Waals surface area contributed by atoms with Crippen LogP contribution in [0.2, 0.25) is 0 Å². The first-order valence-corrected chi connectivity index (χ1v) is 9.14. The van der Waals surface area contributed by atoms with Crippen LogP contribution in [0.4, 0.5) is 0 Å². The van der Waals surface area contributed by atoms with Gasteiger partial charge in [-0.1, -0.05) is 44.4 Å². The summed E-state index contributed by atoms with van der Waals surface area (Å²) in [7, 11) is 1.39. The van der Waals surface area contributed by atoms with Gasteiger partial charge in [-0.2, -0.15) is 0 Å². The molecule has 0 heterocycles. The largest absolute Gasteiger partial charge is 0.467 e. The van der Waals surface area contributed by atoms with Gasteiger partial charge in [0.25, 0.3) is 0 Å². The molecule has 0 bridgehead atoms. The fraction of sp³-hybridized carbons (Fsp3) is 0.556. The predicted octanol–water partition coefficient (Wildman–Crippen LogP) is 3.41. The second-order valence-electron chi connectivity index (χ2n) is 6.15. The second kappa shape index (κ2) is 8.39. The zero-order valence-electron chi connectivity index (χ0n) is 13.8. The molecule has 0 aliphatic heterocycles. The van der Waals surface area contributed by atoms with Crippen molar-refractivity contribution in [3.8, 4) is 0 Å². The molecule has 1 atom stereocenters. The number of hydrogen-bond donors (Lipinski definition) is 1. The standard InChI is InChI=1S/C18H25NO3S/c1-14(13-23-15-9-5-3-6-10-15)16(20)19-18(17(21)22-2)11-7-4-8-12-18/h3,5-6,9-10,14H,4,7-8,11-13H2,1-2H3,(H,19,20). The summed E-state index contributed by atoms with van der Waals surface area (Å²) in [4.78, 5) is 25.9. The number of hydrogen-bond acceptors (Lipinski definition) is 4. The van der Waals surface area contributed by atoms with Gasteiger partial charge >= 0.3 is 5.97 Å². The van der Waals surface area contributed by atoms with Gasteiger partial charge in [-0.25, -0.2) is 4.79 Å². The zero-order valence-corrected chi connectivity index (χ0v) is 14.7. The molecule has 0 saturated heterocycles. The molecule has 1 aliphatic carbocycles. The Kier molecular flexibility index (Phi) is 6.51. The van der Waals surface area contributed by atoms with Gasteiger partial charge in [-0.05, 0) is 25.0 Å². The smallest absolute Gasteiger partial charge is 0.331 e. The van der Waals surface area contributed by atoms with Gasteiger partial charge in [-0.3, -0.25) is 4.79 Å². The summed E-state index contributed by atoms with van der Waals surface area (Å²) < 4.78 is 4.94. The Morgan fingerprint density at radius 3 is 2.48 bits per heavy atom. The molecule has 0 radical (unpaired) electrons. The van der Waals surface area contributed by atoms with Gasteiger partial charge in [0.05, 0.1) is 7.11 Å². The van der Waals surface area contributed by atoms with Crippen molar-refractivity contribution in [1.29, 1.82) is 0 Å². The Bertz CT molecular complexity index is 526. The normalized spacial score (nSPS) is 18.0. The first-order valence-electron chi connectivity index (χ1n) is 8.16. The lowest BCUT2D eigenvalue weighted by atomic mass is 9.81. The Hall–Kier alpha value is -1.49. The number of methoxy groups -OCH3 is 1. The number of carbonyl (C=O) groups excluding carboxylic acids is 2. The number of carbonyl (C=O) groups is 2. The van der Waals surface area contributed by atoms with Crippen LogP contribution in [0.25, 0.3) is 0 Å². The zero-order chi connectivity index (χ0) is 16.7. The third kappa shape index (κ3) is 4.74. The van der Waals surface area contributed by atoms with Gasteiger partial charge in [0, 0.05) is 16.6 Å². The molecule has 0 spiro atoms. The van der Waals surface area contributed by atoms with Gasteiger partial charge in [-0.15, -0.1) is 11.8 Å². The summed E-state index contributed by atoms with van der Waals surface area (Å²) in [6.45, 7) is 1.90. The van der Waals surface area contributed by atoms with Crippen molar-refractivity contribution in [2.75, 3.05) is 12.9 Å². The molecule has 2 rings (SSSR count). The highest BCUT2D eigenvalue weighted by Crippen LogP contribution is 2.30. The van der Waals surface area contributed by atoms with Crippen molar-refractivity contribution in [3.05, 3.63) is 30.3 Å². The second-order valence-corrected chi connectivity index (χ2v) is 7.24. The van der Waals surface area contributed by atoms with E-state index in [2.05, 4.69) is 5.32 Å². The summed E-state index contributed by atoms with van der Waals surface area (Å²) >= 11 is 1.65. The molecular weight excluding hydrogens is 310 g/mol. The maximum atomic E-state index is 12.5. The molecule has 5 heteroatoms. The van der Waals surface area contributed by atoms with E-state index in [0.29, 0.717) is 18.6 Å². The van der Waals surface area contributed by atoms with Gasteiger partial charge < -0.3 is 10.1 Å². The SMILES string of the molecule is COC(=O)C1(NC(=O)C(C)CSc2ccccc2)CCCCC1. The highest BCUT2D eigenvalue weighted by Gasteiger charge is 2.42. The van der Waals surface area contributed by atoms with Crippen LogP contribution in [0.15, 0.2) is 35.2 Å². The molecule has 4 nitrogen and oxygen atoms in total. The van der Waals surface area contributed by atoms with E-state index in [1.165, 1.54) is 7.11 Å². The average molecular weight is 335 g/mol. The van der Waals surface area contributed by atoms with Crippen LogP contribution in [0.3, 0.4) is 0 Å². The Morgan fingerprint density at radius 2 is 1.87 bits per heavy atom. The van der Waals surface area contributed by atoms with Crippen LogP contribution in [0.5, 0.6) is 0 Å². The van der Waals surface area contributed by atoms with Gasteiger partial charge in [0.1, 0.15) is 5.54 Å². The molecule has 1 N–H and O–H groups in total. The fourth-order valence-corrected chi connectivity index (χ4v) is 3.85. The lowest BCUT2D eigenvalue weighted by Crippen LogP contribution is -2.57. The van der Waals surface area contributed by atoms with Crippen molar-refractivity contribution in [1.82, 2.24) is 5.32 Å². The van der Waals surface area contributed by atoms with Crippen molar-refractivity contribution in [2.24, 2.45) is 5.92 Å². The summed E-state index contributed by atoms with van der Waals surface area (Å²) in [6, 6.07) is 10.0. The number of nitrogens with one attached hydrogen (secondary N) is 1. The van der Waals surface area contributed by atoms with E-state index >= 15 is 0 Å². The molecule has 23 heavy (non-hydrogen) atoms. The van der Waals surface area contributed by atoms with Crippen molar-refractivity contribution in [3.63, 3.8) is 0 Å². The number of thioether (sulfide) groups is 1. The van der Waals surface area contributed by atoms with E-state index in [0.717, 1.165) is 24.2 Å². The molecule has 126 valence electrons. The van der Waals surface area contributed by atoms with Crippen LogP contribution in [0.1, 0.15) is 39.0 Å². The van der Waals surface area contributed by atoms with Crippen LogP contribution >= 0.6 is 11.8 Å². The quantitative estimate of drug-likeness (QED) is 0.639. The molecule has 1 fully saturated rings. The first kappa shape index (κ1) is 17.9. The maximum Gasteiger partial charge on any atom is 0.331 e. The lowest BCUT2D eigenvalue weighted by molar-refractivity contribution is -0.153. The van der Waals surface area contributed by atoms with E-state index in [1.54, 1.807) is 11.8 Å². The highest BCUT2D eigenvalue weighted by atomic mass is 32.2.